The number of carbonyl (C=O) groups is 2. The zero-order valence-electron chi connectivity index (χ0n) is 11.9. The highest BCUT2D eigenvalue weighted by atomic mass is 19.1. The van der Waals surface area contributed by atoms with Crippen LogP contribution in [0.4, 0.5) is 9.18 Å². The fourth-order valence-corrected chi connectivity index (χ4v) is 2.16. The lowest BCUT2D eigenvalue weighted by Crippen LogP contribution is -2.37. The van der Waals surface area contributed by atoms with Crippen LogP contribution < -0.4 is 0 Å². The molecule has 2 amide bonds. The third-order valence-corrected chi connectivity index (χ3v) is 3.08. The largest absolute Gasteiger partial charge is 0.443 e. The summed E-state index contributed by atoms with van der Waals surface area (Å²) in [6.07, 6.45) is -0.377. The van der Waals surface area contributed by atoms with Gasteiger partial charge in [-0.3, -0.25) is 4.79 Å². The summed E-state index contributed by atoms with van der Waals surface area (Å²) in [7, 11) is 0. The van der Waals surface area contributed by atoms with Gasteiger partial charge in [-0.1, -0.05) is 12.1 Å². The number of likely N-dealkylation sites (tertiary alicyclic amines) is 1. The fraction of sp³-hybridized carbons (Fsp3) is 0.467. The van der Waals surface area contributed by atoms with Gasteiger partial charge in [-0.05, 0) is 38.5 Å². The predicted octanol–water partition coefficient (Wildman–Crippen LogP) is 3.08. The van der Waals surface area contributed by atoms with Crippen LogP contribution >= 0.6 is 0 Å². The molecule has 5 heteroatoms. The van der Waals surface area contributed by atoms with Gasteiger partial charge in [0.1, 0.15) is 11.4 Å². The van der Waals surface area contributed by atoms with Crippen molar-refractivity contribution >= 4 is 12.0 Å². The van der Waals surface area contributed by atoms with Gasteiger partial charge in [0, 0.05) is 18.9 Å². The zero-order valence-corrected chi connectivity index (χ0v) is 11.9. The predicted molar refractivity (Wildman–Crippen MR) is 71.7 cm³/mol. The number of hydrogen-bond donors (Lipinski definition) is 0. The summed E-state index contributed by atoms with van der Waals surface area (Å²) in [5.41, 5.74) is 0.219. The summed E-state index contributed by atoms with van der Waals surface area (Å²) < 4.78 is 18.1. The first-order chi connectivity index (χ1) is 9.26. The van der Waals surface area contributed by atoms with Crippen LogP contribution in [-0.4, -0.2) is 29.0 Å². The maximum absolute atomic E-state index is 12.9. The molecular weight excluding hydrogens is 261 g/mol. The number of amides is 2. The van der Waals surface area contributed by atoms with Gasteiger partial charge in [0.2, 0.25) is 5.91 Å². The molecule has 1 atom stereocenters. The van der Waals surface area contributed by atoms with Crippen molar-refractivity contribution in [1.29, 1.82) is 0 Å². The van der Waals surface area contributed by atoms with E-state index >= 15 is 0 Å². The topological polar surface area (TPSA) is 46.6 Å². The summed E-state index contributed by atoms with van der Waals surface area (Å²) in [5, 5.41) is 0. The Hall–Kier alpha value is -1.91. The first-order valence-corrected chi connectivity index (χ1v) is 6.55. The number of hydrogen-bond acceptors (Lipinski definition) is 3. The van der Waals surface area contributed by atoms with Gasteiger partial charge in [0.05, 0.1) is 0 Å². The van der Waals surface area contributed by atoms with Crippen molar-refractivity contribution in [1.82, 2.24) is 4.90 Å². The average Bonchev–Trinajstić information content (AvgIpc) is 2.70. The van der Waals surface area contributed by atoms with Crippen molar-refractivity contribution in [2.24, 2.45) is 0 Å². The van der Waals surface area contributed by atoms with Gasteiger partial charge in [0.15, 0.2) is 0 Å². The van der Waals surface area contributed by atoms with Crippen LogP contribution in [0.5, 0.6) is 0 Å². The quantitative estimate of drug-likeness (QED) is 0.793. The van der Waals surface area contributed by atoms with Gasteiger partial charge in [0.25, 0.3) is 0 Å². The molecule has 108 valence electrons. The van der Waals surface area contributed by atoms with E-state index in [9.17, 15) is 14.0 Å². The van der Waals surface area contributed by atoms with Crippen molar-refractivity contribution in [2.75, 3.05) is 6.54 Å². The molecule has 1 aromatic rings. The molecule has 0 radical (unpaired) electrons. The van der Waals surface area contributed by atoms with E-state index in [2.05, 4.69) is 0 Å². The molecule has 0 N–H and O–H groups in total. The number of nitrogens with zero attached hydrogens (tertiary/aromatic N) is 1. The van der Waals surface area contributed by atoms with Crippen LogP contribution in [0.3, 0.4) is 0 Å². The Labute approximate surface area is 117 Å². The Morgan fingerprint density at radius 3 is 2.45 bits per heavy atom. The molecule has 1 aromatic carbocycles. The van der Waals surface area contributed by atoms with E-state index in [0.29, 0.717) is 0 Å². The molecule has 0 bridgehead atoms. The molecule has 1 unspecified atom stereocenters. The number of carbonyl (C=O) groups excluding carboxylic acids is 2. The Bertz CT molecular complexity index is 519. The summed E-state index contributed by atoms with van der Waals surface area (Å²) in [6.45, 7) is 5.54. The molecule has 1 aliphatic rings. The maximum Gasteiger partial charge on any atom is 0.417 e. The van der Waals surface area contributed by atoms with Gasteiger partial charge in [-0.2, -0.15) is 0 Å². The van der Waals surface area contributed by atoms with Gasteiger partial charge >= 0.3 is 6.09 Å². The third-order valence-electron chi connectivity index (χ3n) is 3.08. The van der Waals surface area contributed by atoms with Crippen LogP contribution in [0.2, 0.25) is 0 Å². The van der Waals surface area contributed by atoms with E-state index in [0.717, 1.165) is 10.5 Å². The standard InChI is InChI=1S/C15H18FNO3/c1-15(2,3)20-14(19)17-9-11(8-13(17)18)10-4-6-12(16)7-5-10/h4-7,11H,8-9H2,1-3H3. The lowest BCUT2D eigenvalue weighted by atomic mass is 9.98. The molecule has 0 aromatic heterocycles. The minimum atomic E-state index is -0.634. The van der Waals surface area contributed by atoms with Crippen molar-refractivity contribution in [3.63, 3.8) is 0 Å². The van der Waals surface area contributed by atoms with E-state index in [-0.39, 0.29) is 30.6 Å². The minimum absolute atomic E-state index is 0.101. The summed E-state index contributed by atoms with van der Waals surface area (Å²) in [6, 6.07) is 6.00. The average molecular weight is 279 g/mol. The lowest BCUT2D eigenvalue weighted by Gasteiger charge is -2.23. The molecule has 1 fully saturated rings. The van der Waals surface area contributed by atoms with Crippen LogP contribution in [0, 0.1) is 5.82 Å². The Morgan fingerprint density at radius 1 is 1.30 bits per heavy atom. The first-order valence-electron chi connectivity index (χ1n) is 6.55. The summed E-state index contributed by atoms with van der Waals surface area (Å²) in [4.78, 5) is 25.0. The van der Waals surface area contributed by atoms with Crippen LogP contribution in [0.1, 0.15) is 38.7 Å². The van der Waals surface area contributed by atoms with Crippen LogP contribution in [0.15, 0.2) is 24.3 Å². The number of benzene rings is 1. The first kappa shape index (κ1) is 14.5. The summed E-state index contributed by atoms with van der Waals surface area (Å²) in [5.74, 6) is -0.675. The maximum atomic E-state index is 12.9. The highest BCUT2D eigenvalue weighted by Gasteiger charge is 2.36. The van der Waals surface area contributed by atoms with Crippen molar-refractivity contribution in [3.8, 4) is 0 Å². The molecular formula is C15H18FNO3. The molecule has 20 heavy (non-hydrogen) atoms. The lowest BCUT2D eigenvalue weighted by molar-refractivity contribution is -0.126. The summed E-state index contributed by atoms with van der Waals surface area (Å²) >= 11 is 0. The van der Waals surface area contributed by atoms with Crippen LogP contribution in [-0.2, 0) is 9.53 Å². The van der Waals surface area contributed by atoms with E-state index in [4.69, 9.17) is 4.74 Å². The fourth-order valence-electron chi connectivity index (χ4n) is 2.16. The number of ether oxygens (including phenoxy) is 1. The van der Waals surface area contributed by atoms with Crippen molar-refractivity contribution in [2.45, 2.75) is 38.7 Å². The normalized spacial score (nSPS) is 19.3. The SMILES string of the molecule is CC(C)(C)OC(=O)N1CC(c2ccc(F)cc2)CC1=O. The van der Waals surface area contributed by atoms with Crippen molar-refractivity contribution < 1.29 is 18.7 Å². The molecule has 0 aliphatic carbocycles. The third kappa shape index (κ3) is 3.35. The Balaban J connectivity index is 2.07. The van der Waals surface area contributed by atoms with E-state index in [1.807, 2.05) is 0 Å². The molecule has 2 rings (SSSR count). The smallest absolute Gasteiger partial charge is 0.417 e. The second kappa shape index (κ2) is 5.23. The monoisotopic (exact) mass is 279 g/mol. The highest BCUT2D eigenvalue weighted by Crippen LogP contribution is 2.29. The molecule has 1 saturated heterocycles. The second-order valence-electron chi connectivity index (χ2n) is 5.94. The molecule has 0 spiro atoms. The van der Waals surface area contributed by atoms with Gasteiger partial charge in [-0.15, -0.1) is 0 Å². The molecule has 1 heterocycles. The molecule has 0 saturated carbocycles. The van der Waals surface area contributed by atoms with Crippen molar-refractivity contribution in [3.05, 3.63) is 35.6 Å². The minimum Gasteiger partial charge on any atom is -0.443 e. The Kier molecular flexibility index (Phi) is 3.79. The zero-order chi connectivity index (χ0) is 14.9. The Morgan fingerprint density at radius 2 is 1.90 bits per heavy atom. The van der Waals surface area contributed by atoms with Gasteiger partial charge < -0.3 is 4.74 Å². The number of imide groups is 1. The number of rotatable bonds is 1. The van der Waals surface area contributed by atoms with E-state index in [1.54, 1.807) is 32.9 Å². The molecule has 4 nitrogen and oxygen atoms in total. The second-order valence-corrected chi connectivity index (χ2v) is 5.94. The molecule has 1 aliphatic heterocycles. The van der Waals surface area contributed by atoms with Gasteiger partial charge in [-0.25, -0.2) is 14.1 Å². The van der Waals surface area contributed by atoms with Crippen LogP contribution in [0.25, 0.3) is 0 Å². The van der Waals surface area contributed by atoms with E-state index in [1.165, 1.54) is 12.1 Å². The highest BCUT2D eigenvalue weighted by molar-refractivity contribution is 5.94. The number of halogens is 1. The van der Waals surface area contributed by atoms with E-state index < -0.39 is 11.7 Å².